The average Bonchev–Trinajstić information content (AvgIpc) is 2.76. The molecule has 2 aromatic carbocycles. The van der Waals surface area contributed by atoms with Gasteiger partial charge in [-0.2, -0.15) is 0 Å². The number of amides is 1. The first-order valence-corrected chi connectivity index (χ1v) is 10.7. The molecule has 0 aliphatic carbocycles. The number of piperidine rings is 1. The van der Waals surface area contributed by atoms with Gasteiger partial charge in [0, 0.05) is 30.0 Å². The van der Waals surface area contributed by atoms with Crippen molar-refractivity contribution in [3.63, 3.8) is 0 Å². The van der Waals surface area contributed by atoms with Crippen LogP contribution in [-0.4, -0.2) is 44.8 Å². The van der Waals surface area contributed by atoms with Crippen LogP contribution in [0.15, 0.2) is 58.3 Å². The molecule has 0 atom stereocenters. The third-order valence-electron chi connectivity index (χ3n) is 5.59. The zero-order chi connectivity index (χ0) is 19.4. The van der Waals surface area contributed by atoms with Crippen molar-refractivity contribution in [3.8, 4) is 0 Å². The third-order valence-corrected chi connectivity index (χ3v) is 6.72. The Morgan fingerprint density at radius 1 is 1.10 bits per heavy atom. The van der Waals surface area contributed by atoms with Gasteiger partial charge >= 0.3 is 0 Å². The molecule has 2 N–H and O–H groups in total. The van der Waals surface area contributed by atoms with Crippen LogP contribution in [0.4, 0.5) is 11.4 Å². The van der Waals surface area contributed by atoms with Crippen LogP contribution in [0.25, 0.3) is 0 Å². The predicted molar refractivity (Wildman–Crippen MR) is 121 cm³/mol. The van der Waals surface area contributed by atoms with E-state index in [0.717, 1.165) is 38.9 Å². The molecule has 0 spiro atoms. The van der Waals surface area contributed by atoms with Crippen molar-refractivity contribution in [3.05, 3.63) is 48.5 Å². The van der Waals surface area contributed by atoms with Gasteiger partial charge in [-0.25, -0.2) is 0 Å². The molecule has 2 aliphatic heterocycles. The number of carbonyl (C=O) groups is 1. The molecule has 1 amide bonds. The summed E-state index contributed by atoms with van der Waals surface area (Å²) in [6.45, 7) is 3.14. The van der Waals surface area contributed by atoms with Crippen LogP contribution in [-0.2, 0) is 9.53 Å². The quantitative estimate of drug-likeness (QED) is 0.675. The van der Waals surface area contributed by atoms with Crippen LogP contribution in [0, 0.1) is 0 Å². The van der Waals surface area contributed by atoms with E-state index in [1.807, 2.05) is 11.8 Å². The number of methoxy groups -OCH3 is 1. The van der Waals surface area contributed by atoms with E-state index in [1.54, 1.807) is 7.11 Å². The van der Waals surface area contributed by atoms with Gasteiger partial charge in [0.25, 0.3) is 5.91 Å². The summed E-state index contributed by atoms with van der Waals surface area (Å²) in [5.41, 5.74) is 1.81. The summed E-state index contributed by atoms with van der Waals surface area (Å²) in [6.07, 6.45) is 2.32. The summed E-state index contributed by atoms with van der Waals surface area (Å²) in [4.78, 5) is 17.6. The number of nitrogens with one attached hydrogen (secondary N) is 2. The maximum Gasteiger partial charge on any atom is 0.252 e. The molecule has 1 fully saturated rings. The van der Waals surface area contributed by atoms with Crippen molar-refractivity contribution < 1.29 is 9.53 Å². The molecule has 7 heteroatoms. The Hall–Kier alpha value is -1.73. The first-order chi connectivity index (χ1) is 13.7. The van der Waals surface area contributed by atoms with Gasteiger partial charge < -0.3 is 20.3 Å². The molecule has 0 radical (unpaired) electrons. The van der Waals surface area contributed by atoms with Crippen molar-refractivity contribution >= 4 is 41.5 Å². The third kappa shape index (κ3) is 4.56. The van der Waals surface area contributed by atoms with E-state index in [-0.39, 0.29) is 18.3 Å². The zero-order valence-electron chi connectivity index (χ0n) is 16.6. The van der Waals surface area contributed by atoms with Crippen molar-refractivity contribution in [2.75, 3.05) is 38.2 Å². The first-order valence-electron chi connectivity index (χ1n) is 9.91. The van der Waals surface area contributed by atoms with Crippen LogP contribution < -0.4 is 15.5 Å². The van der Waals surface area contributed by atoms with Gasteiger partial charge in [0.1, 0.15) is 5.60 Å². The zero-order valence-corrected chi connectivity index (χ0v) is 18.3. The molecular formula is C22H28ClN3O2S. The molecule has 0 bridgehead atoms. The number of carbonyl (C=O) groups excluding carboxylic acids is 1. The lowest BCUT2D eigenvalue weighted by atomic mass is 9.91. The minimum absolute atomic E-state index is 0. The summed E-state index contributed by atoms with van der Waals surface area (Å²) in [6, 6.07) is 17.0. The Kier molecular flexibility index (Phi) is 7.46. The monoisotopic (exact) mass is 433 g/mol. The Morgan fingerprint density at radius 2 is 1.69 bits per heavy atom. The van der Waals surface area contributed by atoms with Crippen LogP contribution >= 0.6 is 24.2 Å². The van der Waals surface area contributed by atoms with E-state index < -0.39 is 5.60 Å². The van der Waals surface area contributed by atoms with Gasteiger partial charge in [0.2, 0.25) is 0 Å². The maximum atomic E-state index is 12.7. The van der Waals surface area contributed by atoms with Gasteiger partial charge in [-0.3, -0.25) is 4.79 Å². The summed E-state index contributed by atoms with van der Waals surface area (Å²) in [5.74, 6) is 0.0199. The number of anilines is 2. The van der Waals surface area contributed by atoms with Crippen molar-refractivity contribution in [2.45, 2.75) is 34.7 Å². The lowest BCUT2D eigenvalue weighted by Gasteiger charge is -2.35. The Labute approximate surface area is 183 Å². The van der Waals surface area contributed by atoms with Crippen molar-refractivity contribution in [1.29, 1.82) is 0 Å². The number of hydrogen-bond acceptors (Lipinski definition) is 5. The van der Waals surface area contributed by atoms with E-state index >= 15 is 0 Å². The Bertz CT molecular complexity index is 797. The number of rotatable bonds is 6. The molecule has 29 heavy (non-hydrogen) atoms. The highest BCUT2D eigenvalue weighted by Crippen LogP contribution is 2.47. The highest BCUT2D eigenvalue weighted by atomic mass is 35.5. The van der Waals surface area contributed by atoms with Gasteiger partial charge in [-0.15, -0.1) is 12.4 Å². The second kappa shape index (κ2) is 9.85. The molecular weight excluding hydrogens is 406 g/mol. The van der Waals surface area contributed by atoms with E-state index in [4.69, 9.17) is 4.74 Å². The van der Waals surface area contributed by atoms with Crippen LogP contribution in [0.1, 0.15) is 19.3 Å². The lowest BCUT2D eigenvalue weighted by Crippen LogP contribution is -2.54. The minimum Gasteiger partial charge on any atom is -0.368 e. The van der Waals surface area contributed by atoms with E-state index in [2.05, 4.69) is 64.1 Å². The minimum atomic E-state index is -0.674. The predicted octanol–water partition coefficient (Wildman–Crippen LogP) is 3.99. The molecule has 0 saturated carbocycles. The Balaban J connectivity index is 0.00000240. The fraction of sp³-hybridized carbons (Fsp3) is 0.409. The first kappa shape index (κ1) is 22.0. The number of benzene rings is 2. The fourth-order valence-electron chi connectivity index (χ4n) is 3.98. The number of nitrogens with zero attached hydrogens (tertiary/aromatic N) is 1. The molecule has 0 unspecified atom stereocenters. The van der Waals surface area contributed by atoms with Crippen molar-refractivity contribution in [1.82, 2.24) is 10.6 Å². The number of para-hydroxylation sites is 2. The second-order valence-corrected chi connectivity index (χ2v) is 8.33. The SMILES string of the molecule is COC1(C(=O)NCCCN2c3ccccc3Sc3ccccc32)CCNCC1.Cl. The second-order valence-electron chi connectivity index (χ2n) is 7.25. The van der Waals surface area contributed by atoms with Gasteiger partial charge in [0.15, 0.2) is 0 Å². The number of halogens is 1. The summed E-state index contributed by atoms with van der Waals surface area (Å²) >= 11 is 1.82. The van der Waals surface area contributed by atoms with Crippen LogP contribution in [0.2, 0.25) is 0 Å². The number of fused-ring (bicyclic) bond motifs is 2. The highest BCUT2D eigenvalue weighted by Gasteiger charge is 2.39. The van der Waals surface area contributed by atoms with Gasteiger partial charge in [-0.05, 0) is 56.6 Å². The molecule has 2 heterocycles. The van der Waals surface area contributed by atoms with E-state index in [0.29, 0.717) is 6.54 Å². The molecule has 0 aromatic heterocycles. The molecule has 1 saturated heterocycles. The summed E-state index contributed by atoms with van der Waals surface area (Å²) < 4.78 is 5.62. The fourth-order valence-corrected chi connectivity index (χ4v) is 5.07. The maximum absolute atomic E-state index is 12.7. The summed E-state index contributed by atoms with van der Waals surface area (Å²) in [5, 5.41) is 6.40. The standard InChI is InChI=1S/C22H27N3O2S.ClH/c1-27-22(11-14-23-15-12-22)21(26)24-13-6-16-25-17-7-2-4-9-19(17)28-20-10-5-3-8-18(20)25;/h2-5,7-10,23H,6,11-16H2,1H3,(H,24,26);1H. The molecule has 4 rings (SSSR count). The average molecular weight is 434 g/mol. The Morgan fingerprint density at radius 3 is 2.28 bits per heavy atom. The van der Waals surface area contributed by atoms with Crippen LogP contribution in [0.5, 0.6) is 0 Å². The van der Waals surface area contributed by atoms with Gasteiger partial charge in [0.05, 0.1) is 11.4 Å². The summed E-state index contributed by atoms with van der Waals surface area (Å²) in [7, 11) is 1.64. The van der Waals surface area contributed by atoms with Crippen LogP contribution in [0.3, 0.4) is 0 Å². The number of hydrogen-bond donors (Lipinski definition) is 2. The smallest absolute Gasteiger partial charge is 0.252 e. The topological polar surface area (TPSA) is 53.6 Å². The molecule has 2 aliphatic rings. The van der Waals surface area contributed by atoms with Crippen molar-refractivity contribution in [2.24, 2.45) is 0 Å². The molecule has 156 valence electrons. The largest absolute Gasteiger partial charge is 0.368 e. The normalized spacial score (nSPS) is 16.9. The molecule has 5 nitrogen and oxygen atoms in total. The lowest BCUT2D eigenvalue weighted by molar-refractivity contribution is -0.146. The van der Waals surface area contributed by atoms with Gasteiger partial charge in [-0.1, -0.05) is 36.0 Å². The van der Waals surface area contributed by atoms with E-state index in [9.17, 15) is 4.79 Å². The number of ether oxygens (including phenoxy) is 1. The highest BCUT2D eigenvalue weighted by molar-refractivity contribution is 7.99. The molecule has 2 aromatic rings. The van der Waals surface area contributed by atoms with E-state index in [1.165, 1.54) is 21.2 Å².